The van der Waals surface area contributed by atoms with Gasteiger partial charge in [0.2, 0.25) is 5.91 Å². The zero-order chi connectivity index (χ0) is 13.0. The summed E-state index contributed by atoms with van der Waals surface area (Å²) in [5, 5.41) is 8.47. The van der Waals surface area contributed by atoms with Crippen molar-refractivity contribution in [3.63, 3.8) is 0 Å². The summed E-state index contributed by atoms with van der Waals surface area (Å²) in [5.41, 5.74) is 1.72. The van der Waals surface area contributed by atoms with Gasteiger partial charge in [0, 0.05) is 25.1 Å². The molecule has 1 aromatic carbocycles. The second-order valence-corrected chi connectivity index (χ2v) is 4.43. The third-order valence-electron chi connectivity index (χ3n) is 3.17. The molecule has 0 atom stereocenters. The van der Waals surface area contributed by atoms with Gasteiger partial charge < -0.3 is 4.90 Å². The maximum Gasteiger partial charge on any atom is 0.227 e. The number of carbonyl (C=O) groups is 1. The molecule has 94 valence electrons. The number of aryl methyl sites for hydroxylation is 1. The Morgan fingerprint density at radius 3 is 2.94 bits per heavy atom. The van der Waals surface area contributed by atoms with Crippen molar-refractivity contribution in [2.24, 2.45) is 0 Å². The summed E-state index contributed by atoms with van der Waals surface area (Å²) in [6.07, 6.45) is 3.21. The molecule has 0 aromatic heterocycles. The van der Waals surface area contributed by atoms with Crippen LogP contribution in [0.1, 0.15) is 31.2 Å². The van der Waals surface area contributed by atoms with Crippen molar-refractivity contribution < 1.29 is 9.18 Å². The summed E-state index contributed by atoms with van der Waals surface area (Å²) in [6.45, 7) is 0.566. The lowest BCUT2D eigenvalue weighted by Gasteiger charge is -2.29. The number of hydrogen-bond donors (Lipinski definition) is 0. The molecule has 0 unspecified atom stereocenters. The van der Waals surface area contributed by atoms with Crippen molar-refractivity contribution in [1.82, 2.24) is 0 Å². The first-order valence-electron chi connectivity index (χ1n) is 6.18. The van der Waals surface area contributed by atoms with E-state index in [1.807, 2.05) is 0 Å². The summed E-state index contributed by atoms with van der Waals surface area (Å²) >= 11 is 0. The summed E-state index contributed by atoms with van der Waals surface area (Å²) in [6, 6.07) is 6.69. The van der Waals surface area contributed by atoms with Gasteiger partial charge in [-0.05, 0) is 37.0 Å². The van der Waals surface area contributed by atoms with E-state index in [9.17, 15) is 9.18 Å². The molecular weight excluding hydrogens is 231 g/mol. The zero-order valence-corrected chi connectivity index (χ0v) is 10.2. The predicted molar refractivity (Wildman–Crippen MR) is 66.5 cm³/mol. The van der Waals surface area contributed by atoms with Crippen molar-refractivity contribution in [2.75, 3.05) is 11.4 Å². The minimum Gasteiger partial charge on any atom is -0.312 e. The Kier molecular flexibility index (Phi) is 3.93. The maximum atomic E-state index is 13.3. The minimum atomic E-state index is -0.314. The molecule has 1 aliphatic heterocycles. The van der Waals surface area contributed by atoms with Gasteiger partial charge in [-0.25, -0.2) is 4.39 Å². The van der Waals surface area contributed by atoms with Gasteiger partial charge in [-0.3, -0.25) is 4.79 Å². The number of unbranched alkanes of at least 4 members (excludes halogenated alkanes) is 2. The lowest BCUT2D eigenvalue weighted by Crippen LogP contribution is -2.36. The van der Waals surface area contributed by atoms with E-state index in [-0.39, 0.29) is 11.7 Å². The highest BCUT2D eigenvalue weighted by Crippen LogP contribution is 2.28. The van der Waals surface area contributed by atoms with E-state index in [2.05, 4.69) is 6.07 Å². The van der Waals surface area contributed by atoms with Crippen LogP contribution in [-0.2, 0) is 11.2 Å². The number of nitriles is 1. The predicted octanol–water partition coefficient (Wildman–Crippen LogP) is 2.80. The van der Waals surface area contributed by atoms with Crippen molar-refractivity contribution in [3.8, 4) is 6.07 Å². The molecule has 0 fully saturated rings. The van der Waals surface area contributed by atoms with Crippen LogP contribution in [0.25, 0.3) is 0 Å². The molecule has 0 radical (unpaired) electrons. The highest BCUT2D eigenvalue weighted by Gasteiger charge is 2.23. The van der Waals surface area contributed by atoms with Crippen LogP contribution in [-0.4, -0.2) is 12.5 Å². The first kappa shape index (κ1) is 12.6. The van der Waals surface area contributed by atoms with Crippen LogP contribution in [0.4, 0.5) is 10.1 Å². The van der Waals surface area contributed by atoms with Crippen molar-refractivity contribution in [2.45, 2.75) is 32.1 Å². The molecule has 18 heavy (non-hydrogen) atoms. The maximum absolute atomic E-state index is 13.3. The molecule has 0 aliphatic carbocycles. The molecule has 0 N–H and O–H groups in total. The zero-order valence-electron chi connectivity index (χ0n) is 10.2. The third kappa shape index (κ3) is 2.67. The van der Waals surface area contributed by atoms with Gasteiger partial charge in [-0.15, -0.1) is 0 Å². The molecule has 2 rings (SSSR count). The van der Waals surface area contributed by atoms with Crippen molar-refractivity contribution >= 4 is 11.6 Å². The summed E-state index contributed by atoms with van der Waals surface area (Å²) in [5.74, 6) is -0.268. The van der Waals surface area contributed by atoms with Gasteiger partial charge >= 0.3 is 0 Å². The second-order valence-electron chi connectivity index (χ2n) is 4.43. The molecule has 0 saturated heterocycles. The SMILES string of the molecule is N#CCCCCN1C(=O)CCc2ccc(F)cc21. The highest BCUT2D eigenvalue weighted by molar-refractivity contribution is 5.96. The van der Waals surface area contributed by atoms with Gasteiger partial charge in [-0.2, -0.15) is 5.26 Å². The number of hydrogen-bond acceptors (Lipinski definition) is 2. The Bertz CT molecular complexity index is 493. The average molecular weight is 246 g/mol. The van der Waals surface area contributed by atoms with E-state index in [0.717, 1.165) is 18.4 Å². The van der Waals surface area contributed by atoms with Crippen LogP contribution in [0, 0.1) is 17.1 Å². The standard InChI is InChI=1S/C14H15FN2O/c15-12-6-4-11-5-7-14(18)17(13(11)10-12)9-3-1-2-8-16/h4,6,10H,1-3,5,7,9H2. The number of halogens is 1. The van der Waals surface area contributed by atoms with E-state index in [4.69, 9.17) is 5.26 Å². The Hall–Kier alpha value is -1.89. The molecule has 1 aromatic rings. The van der Waals surface area contributed by atoms with Crippen LogP contribution in [0.2, 0.25) is 0 Å². The molecular formula is C14H15FN2O. The van der Waals surface area contributed by atoms with Crippen LogP contribution >= 0.6 is 0 Å². The number of amides is 1. The molecule has 1 aliphatic rings. The number of fused-ring (bicyclic) bond motifs is 1. The first-order chi connectivity index (χ1) is 8.72. The molecule has 4 heteroatoms. The molecule has 1 heterocycles. The molecule has 1 amide bonds. The monoisotopic (exact) mass is 246 g/mol. The molecule has 0 saturated carbocycles. The quantitative estimate of drug-likeness (QED) is 0.767. The topological polar surface area (TPSA) is 44.1 Å². The average Bonchev–Trinajstić information content (AvgIpc) is 2.36. The number of benzene rings is 1. The number of nitrogens with zero attached hydrogens (tertiary/aromatic N) is 2. The summed E-state index contributed by atoms with van der Waals surface area (Å²) in [7, 11) is 0. The second kappa shape index (κ2) is 5.63. The van der Waals surface area contributed by atoms with E-state index >= 15 is 0 Å². The van der Waals surface area contributed by atoms with Gasteiger partial charge in [0.05, 0.1) is 6.07 Å². The Morgan fingerprint density at radius 2 is 2.17 bits per heavy atom. The van der Waals surface area contributed by atoms with Gasteiger partial charge in [-0.1, -0.05) is 6.07 Å². The molecule has 0 bridgehead atoms. The third-order valence-corrected chi connectivity index (χ3v) is 3.17. The smallest absolute Gasteiger partial charge is 0.227 e. The van der Waals surface area contributed by atoms with Gasteiger partial charge in [0.15, 0.2) is 0 Å². The van der Waals surface area contributed by atoms with Gasteiger partial charge in [0.1, 0.15) is 5.82 Å². The highest BCUT2D eigenvalue weighted by atomic mass is 19.1. The largest absolute Gasteiger partial charge is 0.312 e. The van der Waals surface area contributed by atoms with E-state index < -0.39 is 0 Å². The summed E-state index contributed by atoms with van der Waals surface area (Å²) < 4.78 is 13.3. The lowest BCUT2D eigenvalue weighted by atomic mass is 10.0. The van der Waals surface area contributed by atoms with E-state index in [1.54, 1.807) is 11.0 Å². The van der Waals surface area contributed by atoms with Crippen molar-refractivity contribution in [1.29, 1.82) is 5.26 Å². The molecule has 0 spiro atoms. The summed E-state index contributed by atoms with van der Waals surface area (Å²) in [4.78, 5) is 13.5. The molecule has 3 nitrogen and oxygen atoms in total. The van der Waals surface area contributed by atoms with Gasteiger partial charge in [0.25, 0.3) is 0 Å². The lowest BCUT2D eigenvalue weighted by molar-refractivity contribution is -0.118. The van der Waals surface area contributed by atoms with Crippen LogP contribution < -0.4 is 4.90 Å². The Morgan fingerprint density at radius 1 is 1.33 bits per heavy atom. The Labute approximate surface area is 106 Å². The minimum absolute atomic E-state index is 0.0463. The van der Waals surface area contributed by atoms with Crippen LogP contribution in [0.3, 0.4) is 0 Å². The fourth-order valence-corrected chi connectivity index (χ4v) is 2.23. The number of rotatable bonds is 4. The number of anilines is 1. The fraction of sp³-hybridized carbons (Fsp3) is 0.429. The van der Waals surface area contributed by atoms with E-state index in [1.165, 1.54) is 12.1 Å². The fourth-order valence-electron chi connectivity index (χ4n) is 2.23. The van der Waals surface area contributed by atoms with Crippen LogP contribution in [0.5, 0.6) is 0 Å². The van der Waals surface area contributed by atoms with Crippen molar-refractivity contribution in [3.05, 3.63) is 29.6 Å². The van der Waals surface area contributed by atoms with E-state index in [0.29, 0.717) is 31.5 Å². The van der Waals surface area contributed by atoms with Crippen LogP contribution in [0.15, 0.2) is 18.2 Å². The normalized spacial score (nSPS) is 14.2. The Balaban J connectivity index is 2.12. The number of carbonyl (C=O) groups excluding carboxylic acids is 1. The first-order valence-corrected chi connectivity index (χ1v) is 6.18.